The van der Waals surface area contributed by atoms with E-state index in [0.29, 0.717) is 0 Å². The van der Waals surface area contributed by atoms with E-state index in [1.807, 2.05) is 0 Å². The van der Waals surface area contributed by atoms with Crippen molar-refractivity contribution in [1.82, 2.24) is 14.9 Å². The molecule has 1 aromatic heterocycles. The number of carbonyl (C=O) groups is 2. The topological polar surface area (TPSA) is 156 Å². The number of likely N-dealkylation sites (N-methyl/N-ethyl adjacent to an activating group) is 1. The highest BCUT2D eigenvalue weighted by molar-refractivity contribution is 6.01. The van der Waals surface area contributed by atoms with E-state index in [0.717, 1.165) is 11.1 Å². The van der Waals surface area contributed by atoms with Crippen LogP contribution in [-0.2, 0) is 9.59 Å². The molecule has 2 rings (SSSR count). The molecule has 1 unspecified atom stereocenters. The van der Waals surface area contributed by atoms with E-state index in [4.69, 9.17) is 5.84 Å². The molecule has 1 fully saturated rings. The molecule has 112 valence electrons. The van der Waals surface area contributed by atoms with Gasteiger partial charge in [0.15, 0.2) is 0 Å². The summed E-state index contributed by atoms with van der Waals surface area (Å²) in [5.41, 5.74) is 1.78. The summed E-state index contributed by atoms with van der Waals surface area (Å²) < 4.78 is 0. The van der Waals surface area contributed by atoms with Crippen LogP contribution in [0.5, 0.6) is 0 Å². The predicted octanol–water partition coefficient (Wildman–Crippen LogP) is -0.770. The maximum atomic E-state index is 12.0. The monoisotopic (exact) mass is 295 g/mol. The van der Waals surface area contributed by atoms with E-state index in [2.05, 4.69) is 20.7 Å². The van der Waals surface area contributed by atoms with E-state index in [1.165, 1.54) is 7.05 Å². The van der Waals surface area contributed by atoms with Crippen molar-refractivity contribution in [3.8, 4) is 0 Å². The Balaban J connectivity index is 2.28. The Hall–Kier alpha value is -2.82. The van der Waals surface area contributed by atoms with Gasteiger partial charge in [-0.2, -0.15) is 4.98 Å². The van der Waals surface area contributed by atoms with Crippen LogP contribution in [0.3, 0.4) is 0 Å². The molecule has 0 spiro atoms. The third-order valence-corrected chi connectivity index (χ3v) is 3.06. The number of amides is 2. The first-order chi connectivity index (χ1) is 9.93. The minimum atomic E-state index is -0.771. The van der Waals surface area contributed by atoms with Crippen molar-refractivity contribution in [3.63, 3.8) is 0 Å². The Labute approximate surface area is 118 Å². The second-order valence-corrected chi connectivity index (χ2v) is 4.36. The molecule has 0 aromatic carbocycles. The van der Waals surface area contributed by atoms with Gasteiger partial charge in [0.2, 0.25) is 17.7 Å². The summed E-state index contributed by atoms with van der Waals surface area (Å²) in [5.74, 6) is 4.22. The molecular weight excluding hydrogens is 282 g/mol. The number of nitro groups is 1. The normalized spacial score (nSPS) is 18.6. The number of anilines is 2. The second-order valence-electron chi connectivity index (χ2n) is 4.36. The van der Waals surface area contributed by atoms with Gasteiger partial charge in [0.1, 0.15) is 12.2 Å². The van der Waals surface area contributed by atoms with Gasteiger partial charge in [0.05, 0.1) is 4.92 Å². The molecule has 1 aliphatic heterocycles. The maximum absolute atomic E-state index is 12.0. The van der Waals surface area contributed by atoms with Crippen molar-refractivity contribution < 1.29 is 14.5 Å². The molecule has 0 bridgehead atoms. The SMILES string of the molecule is CN1C(=O)CCC(Nc2nc(NN)ncc2[N+](=O)[O-])C1=O. The highest BCUT2D eigenvalue weighted by Crippen LogP contribution is 2.24. The molecule has 21 heavy (non-hydrogen) atoms. The Morgan fingerprint density at radius 3 is 2.86 bits per heavy atom. The molecule has 11 nitrogen and oxygen atoms in total. The van der Waals surface area contributed by atoms with E-state index in [1.54, 1.807) is 0 Å². The van der Waals surface area contributed by atoms with Crippen LogP contribution in [0.1, 0.15) is 12.8 Å². The molecule has 1 aliphatic rings. The molecule has 11 heteroatoms. The van der Waals surface area contributed by atoms with Crippen molar-refractivity contribution in [2.75, 3.05) is 17.8 Å². The summed E-state index contributed by atoms with van der Waals surface area (Å²) in [7, 11) is 1.36. The average Bonchev–Trinajstić information content (AvgIpc) is 2.47. The lowest BCUT2D eigenvalue weighted by atomic mass is 10.0. The zero-order chi connectivity index (χ0) is 15.6. The summed E-state index contributed by atoms with van der Waals surface area (Å²) in [5, 5.41) is 13.6. The molecular formula is C10H13N7O4. The van der Waals surface area contributed by atoms with Gasteiger partial charge in [-0.3, -0.25) is 30.0 Å². The standard InChI is InChI=1S/C10H13N7O4/c1-16-7(18)3-2-5(9(16)19)13-8-6(17(20)21)4-12-10(14-8)15-11/h4-5H,2-3,11H2,1H3,(H2,12,13,14,15). The van der Waals surface area contributed by atoms with Crippen LogP contribution in [0.4, 0.5) is 17.5 Å². The fourth-order valence-electron chi connectivity index (χ4n) is 1.90. The largest absolute Gasteiger partial charge is 0.352 e. The van der Waals surface area contributed by atoms with Crippen LogP contribution in [0, 0.1) is 10.1 Å². The van der Waals surface area contributed by atoms with Crippen LogP contribution >= 0.6 is 0 Å². The molecule has 1 saturated heterocycles. The third kappa shape index (κ3) is 2.86. The summed E-state index contributed by atoms with van der Waals surface area (Å²) in [6.45, 7) is 0. The minimum absolute atomic E-state index is 0.0317. The number of hydrogen-bond donors (Lipinski definition) is 3. The van der Waals surface area contributed by atoms with E-state index in [9.17, 15) is 19.7 Å². The first-order valence-corrected chi connectivity index (χ1v) is 5.99. The number of hydrazine groups is 1. The van der Waals surface area contributed by atoms with Crippen LogP contribution < -0.4 is 16.6 Å². The lowest BCUT2D eigenvalue weighted by Crippen LogP contribution is -2.48. The molecule has 0 saturated carbocycles. The lowest BCUT2D eigenvalue weighted by Gasteiger charge is -2.28. The number of rotatable bonds is 4. The van der Waals surface area contributed by atoms with Gasteiger partial charge in [-0.05, 0) is 6.42 Å². The lowest BCUT2D eigenvalue weighted by molar-refractivity contribution is -0.384. The number of carbonyl (C=O) groups excluding carboxylic acids is 2. The number of imide groups is 1. The number of nitrogens with two attached hydrogens (primary N) is 1. The summed E-state index contributed by atoms with van der Waals surface area (Å²) in [6.07, 6.45) is 1.38. The third-order valence-electron chi connectivity index (χ3n) is 3.06. The zero-order valence-corrected chi connectivity index (χ0v) is 11.1. The van der Waals surface area contributed by atoms with Gasteiger partial charge in [0.25, 0.3) is 5.91 Å². The first kappa shape index (κ1) is 14.6. The van der Waals surface area contributed by atoms with Crippen LogP contribution in [0.25, 0.3) is 0 Å². The fourth-order valence-corrected chi connectivity index (χ4v) is 1.90. The molecule has 1 aromatic rings. The van der Waals surface area contributed by atoms with Crippen LogP contribution in [0.2, 0.25) is 0 Å². The van der Waals surface area contributed by atoms with Gasteiger partial charge in [-0.15, -0.1) is 0 Å². The van der Waals surface area contributed by atoms with Gasteiger partial charge in [-0.25, -0.2) is 10.8 Å². The zero-order valence-electron chi connectivity index (χ0n) is 11.1. The first-order valence-electron chi connectivity index (χ1n) is 5.99. The molecule has 0 aliphatic carbocycles. The van der Waals surface area contributed by atoms with Gasteiger partial charge >= 0.3 is 5.69 Å². The Morgan fingerprint density at radius 1 is 1.52 bits per heavy atom. The molecule has 4 N–H and O–H groups in total. The quantitative estimate of drug-likeness (QED) is 0.281. The van der Waals surface area contributed by atoms with E-state index < -0.39 is 16.9 Å². The molecule has 2 heterocycles. The Morgan fingerprint density at radius 2 is 2.24 bits per heavy atom. The smallest absolute Gasteiger partial charge is 0.329 e. The van der Waals surface area contributed by atoms with Crippen LogP contribution in [0.15, 0.2) is 6.20 Å². The maximum Gasteiger partial charge on any atom is 0.329 e. The van der Waals surface area contributed by atoms with Crippen molar-refractivity contribution >= 4 is 29.3 Å². The Kier molecular flexibility index (Phi) is 3.93. The summed E-state index contributed by atoms with van der Waals surface area (Å²) in [6, 6.07) is -0.771. The van der Waals surface area contributed by atoms with E-state index >= 15 is 0 Å². The number of nitrogen functional groups attached to an aromatic ring is 1. The van der Waals surface area contributed by atoms with Crippen molar-refractivity contribution in [3.05, 3.63) is 16.3 Å². The highest BCUT2D eigenvalue weighted by Gasteiger charge is 2.33. The Bertz CT molecular complexity index is 605. The highest BCUT2D eigenvalue weighted by atomic mass is 16.6. The summed E-state index contributed by atoms with van der Waals surface area (Å²) in [4.78, 5) is 42.1. The minimum Gasteiger partial charge on any atom is -0.352 e. The number of nitrogens with zero attached hydrogens (tertiary/aromatic N) is 4. The number of hydrogen-bond acceptors (Lipinski definition) is 9. The number of likely N-dealkylation sites (tertiary alicyclic amines) is 1. The van der Waals surface area contributed by atoms with Gasteiger partial charge in [0, 0.05) is 13.5 Å². The average molecular weight is 295 g/mol. The number of aromatic nitrogens is 2. The number of nitrogens with one attached hydrogen (secondary N) is 2. The molecule has 0 radical (unpaired) electrons. The number of piperidine rings is 1. The fraction of sp³-hybridized carbons (Fsp3) is 0.400. The van der Waals surface area contributed by atoms with Crippen molar-refractivity contribution in [1.29, 1.82) is 0 Å². The molecule has 2 amide bonds. The van der Waals surface area contributed by atoms with E-state index in [-0.39, 0.29) is 36.2 Å². The molecule has 1 atom stereocenters. The predicted molar refractivity (Wildman–Crippen MR) is 70.9 cm³/mol. The van der Waals surface area contributed by atoms with Crippen molar-refractivity contribution in [2.24, 2.45) is 5.84 Å². The van der Waals surface area contributed by atoms with Crippen molar-refractivity contribution in [2.45, 2.75) is 18.9 Å². The van der Waals surface area contributed by atoms with Gasteiger partial charge < -0.3 is 5.32 Å². The summed E-state index contributed by atoms with van der Waals surface area (Å²) >= 11 is 0. The van der Waals surface area contributed by atoms with Gasteiger partial charge in [-0.1, -0.05) is 0 Å². The second kappa shape index (κ2) is 5.66. The van der Waals surface area contributed by atoms with Crippen LogP contribution in [-0.4, -0.2) is 44.7 Å².